The van der Waals surface area contributed by atoms with Crippen LogP contribution in [0.5, 0.6) is 0 Å². The van der Waals surface area contributed by atoms with Crippen molar-refractivity contribution in [3.05, 3.63) is 29.3 Å². The summed E-state index contributed by atoms with van der Waals surface area (Å²) >= 11 is 0. The molecule has 0 saturated carbocycles. The Morgan fingerprint density at radius 3 is 2.77 bits per heavy atom. The highest BCUT2D eigenvalue weighted by Gasteiger charge is 2.29. The van der Waals surface area contributed by atoms with E-state index < -0.39 is 11.9 Å². The third kappa shape index (κ3) is 3.62. The zero-order valence-corrected chi connectivity index (χ0v) is 12.3. The van der Waals surface area contributed by atoms with E-state index in [1.165, 1.54) is 4.90 Å². The fourth-order valence-corrected chi connectivity index (χ4v) is 2.63. The summed E-state index contributed by atoms with van der Waals surface area (Å²) in [5, 5.41) is 11.6. The number of fused-ring (bicyclic) bond motifs is 1. The fourth-order valence-electron chi connectivity index (χ4n) is 2.63. The number of benzene rings is 1. The van der Waals surface area contributed by atoms with Crippen molar-refractivity contribution in [1.82, 2.24) is 4.90 Å². The molecule has 1 unspecified atom stereocenters. The molecule has 2 amide bonds. The lowest BCUT2D eigenvalue weighted by Gasteiger charge is -2.18. The van der Waals surface area contributed by atoms with Gasteiger partial charge < -0.3 is 21.1 Å². The maximum Gasteiger partial charge on any atom is 0.304 e. The first-order valence-electron chi connectivity index (χ1n) is 6.99. The number of hydrogen-bond acceptors (Lipinski definition) is 4. The molecule has 1 aliphatic heterocycles. The van der Waals surface area contributed by atoms with Crippen molar-refractivity contribution in [2.75, 3.05) is 18.9 Å². The number of carbonyl (C=O) groups excluding carboxylic acids is 2. The predicted octanol–water partition coefficient (Wildman–Crippen LogP) is 0.189. The van der Waals surface area contributed by atoms with E-state index in [0.29, 0.717) is 18.7 Å². The van der Waals surface area contributed by atoms with E-state index in [0.717, 1.165) is 11.1 Å². The summed E-state index contributed by atoms with van der Waals surface area (Å²) in [7, 11) is 1.65. The van der Waals surface area contributed by atoms with Gasteiger partial charge in [-0.25, -0.2) is 0 Å². The number of nitrogens with one attached hydrogen (secondary N) is 1. The summed E-state index contributed by atoms with van der Waals surface area (Å²) < 4.78 is 0. The minimum Gasteiger partial charge on any atom is -0.481 e. The van der Waals surface area contributed by atoms with Crippen LogP contribution in [0.25, 0.3) is 0 Å². The molecule has 118 valence electrons. The Kier molecular flexibility index (Phi) is 4.77. The largest absolute Gasteiger partial charge is 0.481 e. The van der Waals surface area contributed by atoms with Crippen molar-refractivity contribution in [3.63, 3.8) is 0 Å². The van der Waals surface area contributed by atoms with Crippen LogP contribution in [0.3, 0.4) is 0 Å². The third-order valence-corrected chi connectivity index (χ3v) is 3.70. The monoisotopic (exact) mass is 305 g/mol. The summed E-state index contributed by atoms with van der Waals surface area (Å²) in [6, 6.07) is 5.36. The molecule has 2 rings (SSSR count). The van der Waals surface area contributed by atoms with E-state index in [-0.39, 0.29) is 24.8 Å². The number of nitrogens with zero attached hydrogens (tertiary/aromatic N) is 1. The van der Waals surface area contributed by atoms with Crippen molar-refractivity contribution >= 4 is 23.5 Å². The van der Waals surface area contributed by atoms with Crippen molar-refractivity contribution in [1.29, 1.82) is 0 Å². The lowest BCUT2D eigenvalue weighted by molar-refractivity contribution is -0.143. The molecule has 22 heavy (non-hydrogen) atoms. The maximum atomic E-state index is 12.2. The second kappa shape index (κ2) is 6.57. The molecule has 0 fully saturated rings. The van der Waals surface area contributed by atoms with Crippen molar-refractivity contribution in [2.45, 2.75) is 19.4 Å². The molecular weight excluding hydrogens is 286 g/mol. The highest BCUT2D eigenvalue weighted by molar-refractivity contribution is 5.92. The molecule has 0 aliphatic carbocycles. The smallest absolute Gasteiger partial charge is 0.304 e. The first-order chi connectivity index (χ1) is 10.4. The van der Waals surface area contributed by atoms with Gasteiger partial charge in [0.1, 0.15) is 0 Å². The van der Waals surface area contributed by atoms with Crippen LogP contribution in [-0.4, -0.2) is 41.4 Å². The average Bonchev–Trinajstić information content (AvgIpc) is 2.57. The molecule has 1 atom stereocenters. The van der Waals surface area contributed by atoms with Gasteiger partial charge in [-0.2, -0.15) is 0 Å². The molecule has 4 N–H and O–H groups in total. The lowest BCUT2D eigenvalue weighted by Crippen LogP contribution is -2.32. The van der Waals surface area contributed by atoms with E-state index in [1.54, 1.807) is 19.2 Å². The Balaban J connectivity index is 2.27. The maximum absolute atomic E-state index is 12.2. The van der Waals surface area contributed by atoms with E-state index in [4.69, 9.17) is 10.8 Å². The molecule has 0 spiro atoms. The minimum atomic E-state index is -0.984. The Hall–Kier alpha value is -2.41. The number of hydrogen-bond donors (Lipinski definition) is 3. The van der Waals surface area contributed by atoms with Gasteiger partial charge in [0.05, 0.1) is 18.9 Å². The molecule has 0 bridgehead atoms. The number of nitrogens with two attached hydrogens (primary N) is 1. The number of carboxylic acid groups (broad SMARTS) is 1. The number of anilines is 1. The Bertz CT molecular complexity index is 615. The van der Waals surface area contributed by atoms with Gasteiger partial charge in [0, 0.05) is 19.3 Å². The van der Waals surface area contributed by atoms with Crippen LogP contribution in [0.4, 0.5) is 5.69 Å². The van der Waals surface area contributed by atoms with E-state index in [2.05, 4.69) is 5.32 Å². The number of carboxylic acids is 1. The predicted molar refractivity (Wildman–Crippen MR) is 80.0 cm³/mol. The molecule has 1 aromatic rings. The van der Waals surface area contributed by atoms with Gasteiger partial charge in [-0.3, -0.25) is 14.4 Å². The number of amides is 2. The Labute approximate surface area is 128 Å². The number of carbonyl (C=O) groups is 3. The fraction of sp³-hybridized carbons (Fsp3) is 0.400. The van der Waals surface area contributed by atoms with E-state index in [9.17, 15) is 14.4 Å². The Morgan fingerprint density at radius 1 is 1.41 bits per heavy atom. The third-order valence-electron chi connectivity index (χ3n) is 3.70. The first kappa shape index (κ1) is 16.0. The molecular formula is C15H19N3O4. The molecule has 0 saturated heterocycles. The van der Waals surface area contributed by atoms with Crippen LogP contribution in [0.15, 0.2) is 18.2 Å². The van der Waals surface area contributed by atoms with Crippen molar-refractivity contribution in [3.8, 4) is 0 Å². The van der Waals surface area contributed by atoms with Crippen LogP contribution < -0.4 is 11.1 Å². The van der Waals surface area contributed by atoms with Gasteiger partial charge in [-0.15, -0.1) is 0 Å². The van der Waals surface area contributed by atoms with Gasteiger partial charge in [0.15, 0.2) is 0 Å². The molecule has 7 heteroatoms. The van der Waals surface area contributed by atoms with Gasteiger partial charge >= 0.3 is 5.97 Å². The second-order valence-electron chi connectivity index (χ2n) is 5.43. The molecule has 1 heterocycles. The highest BCUT2D eigenvalue weighted by Crippen LogP contribution is 2.26. The molecule has 1 aromatic carbocycles. The SMILES string of the molecule is CN1Cc2cc(NC(=O)CN)ccc2CC(CC(=O)O)C1=O. The summed E-state index contributed by atoms with van der Waals surface area (Å²) in [5.74, 6) is -2.01. The van der Waals surface area contributed by atoms with Crippen LogP contribution in [0.2, 0.25) is 0 Å². The lowest BCUT2D eigenvalue weighted by atomic mass is 9.94. The molecule has 7 nitrogen and oxygen atoms in total. The average molecular weight is 305 g/mol. The molecule has 0 aromatic heterocycles. The van der Waals surface area contributed by atoms with E-state index >= 15 is 0 Å². The number of aliphatic carboxylic acids is 1. The van der Waals surface area contributed by atoms with Crippen LogP contribution >= 0.6 is 0 Å². The van der Waals surface area contributed by atoms with Crippen LogP contribution in [0, 0.1) is 5.92 Å². The minimum absolute atomic E-state index is 0.101. The summed E-state index contributed by atoms with van der Waals surface area (Å²) in [6.07, 6.45) is 0.199. The van der Waals surface area contributed by atoms with Crippen molar-refractivity contribution in [2.24, 2.45) is 11.7 Å². The van der Waals surface area contributed by atoms with Gasteiger partial charge in [0.25, 0.3) is 0 Å². The van der Waals surface area contributed by atoms with E-state index in [1.807, 2.05) is 6.07 Å². The van der Waals surface area contributed by atoms with Crippen molar-refractivity contribution < 1.29 is 19.5 Å². The van der Waals surface area contributed by atoms with Crippen LogP contribution in [0.1, 0.15) is 17.5 Å². The second-order valence-corrected chi connectivity index (χ2v) is 5.43. The van der Waals surface area contributed by atoms with Gasteiger partial charge in [-0.05, 0) is 29.7 Å². The summed E-state index contributed by atoms with van der Waals surface area (Å²) in [5.41, 5.74) is 7.71. The molecule has 0 radical (unpaired) electrons. The quantitative estimate of drug-likeness (QED) is 0.735. The van der Waals surface area contributed by atoms with Gasteiger partial charge in [0.2, 0.25) is 11.8 Å². The summed E-state index contributed by atoms with van der Waals surface area (Å²) in [4.78, 5) is 36.0. The first-order valence-corrected chi connectivity index (χ1v) is 6.99. The highest BCUT2D eigenvalue weighted by atomic mass is 16.4. The standard InChI is InChI=1S/C15H19N3O4/c1-18-8-11-5-12(17-13(19)7-16)3-2-9(11)4-10(15(18)22)6-14(20)21/h2-3,5,10H,4,6-8,16H2,1H3,(H,17,19)(H,20,21). The van der Waals surface area contributed by atoms with Crippen LogP contribution in [-0.2, 0) is 27.3 Å². The zero-order chi connectivity index (χ0) is 16.3. The number of rotatable bonds is 4. The van der Waals surface area contributed by atoms with Gasteiger partial charge in [-0.1, -0.05) is 6.07 Å². The molecule has 1 aliphatic rings. The normalized spacial score (nSPS) is 17.6. The topological polar surface area (TPSA) is 113 Å². The summed E-state index contributed by atoms with van der Waals surface area (Å²) in [6.45, 7) is 0.285. The Morgan fingerprint density at radius 2 is 2.14 bits per heavy atom. The zero-order valence-electron chi connectivity index (χ0n) is 12.3.